The first-order chi connectivity index (χ1) is 7.67. The molecular formula is C11H15ClN2O2. The highest BCUT2D eigenvalue weighted by Gasteiger charge is 2.14. The van der Waals surface area contributed by atoms with E-state index in [-0.39, 0.29) is 6.04 Å². The second-order valence-electron chi connectivity index (χ2n) is 3.12. The predicted molar refractivity (Wildman–Crippen MR) is 64.8 cm³/mol. The van der Waals surface area contributed by atoms with Gasteiger partial charge < -0.3 is 9.47 Å². The summed E-state index contributed by atoms with van der Waals surface area (Å²) in [5, 5.41) is 0.471. The Morgan fingerprint density at radius 3 is 2.56 bits per heavy atom. The summed E-state index contributed by atoms with van der Waals surface area (Å²) in [5.74, 6) is 6.46. The van der Waals surface area contributed by atoms with Crippen molar-refractivity contribution in [1.82, 2.24) is 5.43 Å². The molecule has 0 amide bonds. The van der Waals surface area contributed by atoms with E-state index in [9.17, 15) is 0 Å². The van der Waals surface area contributed by atoms with Crippen LogP contribution in [0.3, 0.4) is 0 Å². The van der Waals surface area contributed by atoms with Gasteiger partial charge in [-0.1, -0.05) is 17.7 Å². The average Bonchev–Trinajstić information content (AvgIpc) is 2.29. The number of nitrogens with two attached hydrogens (primary N) is 1. The molecule has 0 bridgehead atoms. The van der Waals surface area contributed by atoms with Crippen LogP contribution >= 0.6 is 11.6 Å². The van der Waals surface area contributed by atoms with E-state index >= 15 is 0 Å². The minimum absolute atomic E-state index is 0.183. The maximum Gasteiger partial charge on any atom is 0.179 e. The first-order valence-corrected chi connectivity index (χ1v) is 5.05. The van der Waals surface area contributed by atoms with Crippen LogP contribution in [-0.4, -0.2) is 14.2 Å². The maximum atomic E-state index is 6.06. The third-order valence-electron chi connectivity index (χ3n) is 2.23. The number of ether oxygens (including phenoxy) is 2. The topological polar surface area (TPSA) is 56.5 Å². The van der Waals surface area contributed by atoms with Crippen LogP contribution in [-0.2, 0) is 0 Å². The van der Waals surface area contributed by atoms with Crippen LogP contribution in [0.1, 0.15) is 11.6 Å². The van der Waals surface area contributed by atoms with Gasteiger partial charge in [-0.15, -0.1) is 6.58 Å². The summed E-state index contributed by atoms with van der Waals surface area (Å²) in [4.78, 5) is 0. The van der Waals surface area contributed by atoms with Gasteiger partial charge in [-0.3, -0.25) is 5.84 Å². The van der Waals surface area contributed by atoms with Gasteiger partial charge in [-0.05, 0) is 17.7 Å². The Labute approximate surface area is 100.0 Å². The fourth-order valence-electron chi connectivity index (χ4n) is 1.42. The molecule has 5 heteroatoms. The van der Waals surface area contributed by atoms with E-state index < -0.39 is 0 Å². The van der Waals surface area contributed by atoms with Crippen molar-refractivity contribution in [3.8, 4) is 11.5 Å². The highest BCUT2D eigenvalue weighted by molar-refractivity contribution is 6.32. The second-order valence-corrected chi connectivity index (χ2v) is 3.53. The molecule has 0 radical (unpaired) electrons. The van der Waals surface area contributed by atoms with Gasteiger partial charge in [-0.2, -0.15) is 0 Å². The van der Waals surface area contributed by atoms with Gasteiger partial charge >= 0.3 is 0 Å². The number of nitrogens with one attached hydrogen (secondary N) is 1. The quantitative estimate of drug-likeness (QED) is 0.471. The molecule has 1 rings (SSSR count). The Morgan fingerprint density at radius 1 is 1.44 bits per heavy atom. The molecule has 0 heterocycles. The molecule has 16 heavy (non-hydrogen) atoms. The molecule has 4 nitrogen and oxygen atoms in total. The van der Waals surface area contributed by atoms with Crippen molar-refractivity contribution in [2.75, 3.05) is 14.2 Å². The molecule has 88 valence electrons. The van der Waals surface area contributed by atoms with Gasteiger partial charge in [0.15, 0.2) is 11.5 Å². The van der Waals surface area contributed by atoms with E-state index in [4.69, 9.17) is 26.9 Å². The van der Waals surface area contributed by atoms with Gasteiger partial charge in [0.2, 0.25) is 0 Å². The van der Waals surface area contributed by atoms with Crippen molar-refractivity contribution < 1.29 is 9.47 Å². The highest BCUT2D eigenvalue weighted by atomic mass is 35.5. The van der Waals surface area contributed by atoms with Gasteiger partial charge in [0.25, 0.3) is 0 Å². The zero-order valence-corrected chi connectivity index (χ0v) is 10.0. The molecule has 0 spiro atoms. The summed E-state index contributed by atoms with van der Waals surface area (Å²) in [5.41, 5.74) is 3.47. The van der Waals surface area contributed by atoms with Crippen LogP contribution in [0.15, 0.2) is 24.8 Å². The van der Waals surface area contributed by atoms with Crippen molar-refractivity contribution in [3.05, 3.63) is 35.4 Å². The number of halogens is 1. The smallest absolute Gasteiger partial charge is 0.179 e. The van der Waals surface area contributed by atoms with Crippen molar-refractivity contribution in [1.29, 1.82) is 0 Å². The van der Waals surface area contributed by atoms with Crippen LogP contribution in [0.4, 0.5) is 0 Å². The minimum atomic E-state index is -0.183. The number of hydrogen-bond acceptors (Lipinski definition) is 4. The van der Waals surface area contributed by atoms with Crippen LogP contribution in [0.25, 0.3) is 0 Å². The lowest BCUT2D eigenvalue weighted by atomic mass is 10.1. The lowest BCUT2D eigenvalue weighted by Crippen LogP contribution is -2.26. The van der Waals surface area contributed by atoms with Crippen LogP contribution in [0.5, 0.6) is 11.5 Å². The van der Waals surface area contributed by atoms with Crippen molar-refractivity contribution >= 4 is 11.6 Å². The number of benzene rings is 1. The molecule has 0 aliphatic carbocycles. The normalized spacial score (nSPS) is 12.0. The molecule has 0 saturated heterocycles. The molecule has 0 aliphatic rings. The third kappa shape index (κ3) is 2.47. The standard InChI is InChI=1S/C11H15ClN2O2/c1-4-9(14-13)7-5-8(12)11(16-3)10(6-7)15-2/h4-6,9,14H,1,13H2,2-3H3. The Bertz CT molecular complexity index is 382. The van der Waals surface area contributed by atoms with Crippen LogP contribution < -0.4 is 20.7 Å². The summed E-state index contributed by atoms with van der Waals surface area (Å²) in [6, 6.07) is 3.38. The first kappa shape index (κ1) is 12.8. The lowest BCUT2D eigenvalue weighted by Gasteiger charge is -2.16. The second kappa shape index (κ2) is 5.75. The summed E-state index contributed by atoms with van der Waals surface area (Å²) in [6.07, 6.45) is 1.68. The third-order valence-corrected chi connectivity index (χ3v) is 2.51. The lowest BCUT2D eigenvalue weighted by molar-refractivity contribution is 0.354. The van der Waals surface area contributed by atoms with E-state index in [0.29, 0.717) is 16.5 Å². The van der Waals surface area contributed by atoms with E-state index in [1.165, 1.54) is 7.11 Å². The molecule has 0 saturated carbocycles. The number of methoxy groups -OCH3 is 2. The Balaban J connectivity index is 3.24. The predicted octanol–water partition coefficient (Wildman–Crippen LogP) is 2.05. The Hall–Kier alpha value is -1.23. The van der Waals surface area contributed by atoms with Crippen molar-refractivity contribution in [2.24, 2.45) is 5.84 Å². The summed E-state index contributed by atoms with van der Waals surface area (Å²) < 4.78 is 10.3. The van der Waals surface area contributed by atoms with Crippen molar-refractivity contribution in [3.63, 3.8) is 0 Å². The molecule has 0 aromatic heterocycles. The van der Waals surface area contributed by atoms with Gasteiger partial charge in [0, 0.05) is 0 Å². The number of hydrogen-bond donors (Lipinski definition) is 2. The summed E-state index contributed by atoms with van der Waals surface area (Å²) in [7, 11) is 3.09. The average molecular weight is 243 g/mol. The molecular weight excluding hydrogens is 228 g/mol. The van der Waals surface area contributed by atoms with Gasteiger partial charge in [0.1, 0.15) is 0 Å². The summed E-state index contributed by atoms with van der Waals surface area (Å²) in [6.45, 7) is 3.68. The number of rotatable bonds is 5. The Kier molecular flexibility index (Phi) is 4.61. The van der Waals surface area contributed by atoms with Crippen LogP contribution in [0.2, 0.25) is 5.02 Å². The van der Waals surface area contributed by atoms with E-state index in [1.54, 1.807) is 25.3 Å². The van der Waals surface area contributed by atoms with Crippen molar-refractivity contribution in [2.45, 2.75) is 6.04 Å². The fraction of sp³-hybridized carbons (Fsp3) is 0.273. The molecule has 1 aromatic rings. The maximum absolute atomic E-state index is 6.06. The van der Waals surface area contributed by atoms with Gasteiger partial charge in [0.05, 0.1) is 25.3 Å². The zero-order chi connectivity index (χ0) is 12.1. The zero-order valence-electron chi connectivity index (χ0n) is 9.29. The summed E-state index contributed by atoms with van der Waals surface area (Å²) >= 11 is 6.06. The Morgan fingerprint density at radius 2 is 2.12 bits per heavy atom. The minimum Gasteiger partial charge on any atom is -0.493 e. The largest absolute Gasteiger partial charge is 0.493 e. The molecule has 0 aliphatic heterocycles. The van der Waals surface area contributed by atoms with Gasteiger partial charge in [-0.25, -0.2) is 5.43 Å². The SMILES string of the molecule is C=CC(NN)c1cc(Cl)c(OC)c(OC)c1. The van der Waals surface area contributed by atoms with E-state index in [1.807, 2.05) is 0 Å². The monoisotopic (exact) mass is 242 g/mol. The molecule has 1 atom stereocenters. The number of hydrazine groups is 1. The van der Waals surface area contributed by atoms with Crippen LogP contribution in [0, 0.1) is 0 Å². The molecule has 0 fully saturated rings. The fourth-order valence-corrected chi connectivity index (χ4v) is 1.71. The molecule has 1 unspecified atom stereocenters. The first-order valence-electron chi connectivity index (χ1n) is 4.68. The molecule has 3 N–H and O–H groups in total. The van der Waals surface area contributed by atoms with E-state index in [0.717, 1.165) is 5.56 Å². The van der Waals surface area contributed by atoms with E-state index in [2.05, 4.69) is 12.0 Å². The molecule has 1 aromatic carbocycles. The highest BCUT2D eigenvalue weighted by Crippen LogP contribution is 2.37.